The number of nitrogens with two attached hydrogens (primary N) is 1. The van der Waals surface area contributed by atoms with Gasteiger partial charge in [-0.1, -0.05) is 34.1 Å². The van der Waals surface area contributed by atoms with Gasteiger partial charge in [0.25, 0.3) is 0 Å². The molecule has 0 saturated carbocycles. The summed E-state index contributed by atoms with van der Waals surface area (Å²) in [6, 6.07) is 15.1. The molecular formula is C12H11BrClNO. The number of hydrogen-bond donors (Lipinski definition) is 1. The van der Waals surface area contributed by atoms with Crippen LogP contribution in [0.5, 0.6) is 11.5 Å². The Hall–Kier alpha value is -1.19. The van der Waals surface area contributed by atoms with Gasteiger partial charge in [0.05, 0.1) is 5.69 Å². The highest BCUT2D eigenvalue weighted by molar-refractivity contribution is 9.10. The summed E-state index contributed by atoms with van der Waals surface area (Å²) < 4.78 is 6.56. The monoisotopic (exact) mass is 299 g/mol. The molecule has 2 N–H and O–H groups in total. The molecule has 2 rings (SSSR count). The maximum Gasteiger partial charge on any atom is 0.150 e. The van der Waals surface area contributed by atoms with Gasteiger partial charge in [-0.3, -0.25) is 0 Å². The van der Waals surface area contributed by atoms with E-state index in [9.17, 15) is 0 Å². The van der Waals surface area contributed by atoms with Gasteiger partial charge in [-0.15, -0.1) is 12.4 Å². The van der Waals surface area contributed by atoms with Gasteiger partial charge >= 0.3 is 0 Å². The van der Waals surface area contributed by atoms with Gasteiger partial charge in [0.1, 0.15) is 11.5 Å². The lowest BCUT2D eigenvalue weighted by molar-refractivity contribution is 0.485. The van der Waals surface area contributed by atoms with Crippen molar-refractivity contribution in [2.45, 2.75) is 0 Å². The molecule has 0 saturated heterocycles. The maximum atomic E-state index is 5.81. The van der Waals surface area contributed by atoms with Crippen molar-refractivity contribution in [2.75, 3.05) is 5.73 Å². The third kappa shape index (κ3) is 3.15. The van der Waals surface area contributed by atoms with Crippen LogP contribution in [0.1, 0.15) is 0 Å². The Balaban J connectivity index is 0.00000128. The summed E-state index contributed by atoms with van der Waals surface area (Å²) in [7, 11) is 0. The third-order valence-corrected chi connectivity index (χ3v) is 2.44. The molecule has 0 radical (unpaired) electrons. The Morgan fingerprint density at radius 1 is 1.00 bits per heavy atom. The molecule has 2 nitrogen and oxygen atoms in total. The lowest BCUT2D eigenvalue weighted by Crippen LogP contribution is -1.91. The third-order valence-electron chi connectivity index (χ3n) is 1.94. The van der Waals surface area contributed by atoms with Crippen molar-refractivity contribution in [3.8, 4) is 11.5 Å². The fraction of sp³-hybridized carbons (Fsp3) is 0. The molecule has 2 aromatic carbocycles. The molecule has 0 amide bonds. The zero-order valence-electron chi connectivity index (χ0n) is 8.39. The summed E-state index contributed by atoms with van der Waals surface area (Å²) >= 11 is 3.35. The van der Waals surface area contributed by atoms with Gasteiger partial charge in [0, 0.05) is 4.47 Å². The van der Waals surface area contributed by atoms with Crippen molar-refractivity contribution < 1.29 is 4.74 Å². The maximum absolute atomic E-state index is 5.81. The normalized spacial score (nSPS) is 9.31. The minimum Gasteiger partial charge on any atom is -0.455 e. The molecule has 0 aliphatic heterocycles. The van der Waals surface area contributed by atoms with Crippen LogP contribution in [0.15, 0.2) is 53.0 Å². The van der Waals surface area contributed by atoms with Crippen LogP contribution in [-0.2, 0) is 0 Å². The van der Waals surface area contributed by atoms with Crippen LogP contribution in [0.2, 0.25) is 0 Å². The second-order valence-electron chi connectivity index (χ2n) is 3.10. The first-order chi connectivity index (χ1) is 7.25. The van der Waals surface area contributed by atoms with Crippen LogP contribution in [-0.4, -0.2) is 0 Å². The van der Waals surface area contributed by atoms with E-state index >= 15 is 0 Å². The minimum atomic E-state index is 0. The Morgan fingerprint density at radius 2 is 1.69 bits per heavy atom. The molecule has 0 fully saturated rings. The summed E-state index contributed by atoms with van der Waals surface area (Å²) in [5.41, 5.74) is 6.43. The molecular weight excluding hydrogens is 289 g/mol. The number of hydrogen-bond acceptors (Lipinski definition) is 2. The summed E-state index contributed by atoms with van der Waals surface area (Å²) in [6.07, 6.45) is 0. The molecule has 2 aromatic rings. The highest BCUT2D eigenvalue weighted by Crippen LogP contribution is 2.29. The zero-order valence-corrected chi connectivity index (χ0v) is 10.8. The lowest BCUT2D eigenvalue weighted by Gasteiger charge is -2.08. The topological polar surface area (TPSA) is 35.2 Å². The molecule has 0 aliphatic carbocycles. The summed E-state index contributed by atoms with van der Waals surface area (Å²) in [5, 5.41) is 0. The highest BCUT2D eigenvalue weighted by Gasteiger charge is 2.01. The lowest BCUT2D eigenvalue weighted by atomic mass is 10.3. The van der Waals surface area contributed by atoms with Crippen LogP contribution in [0.4, 0.5) is 5.69 Å². The smallest absolute Gasteiger partial charge is 0.150 e. The van der Waals surface area contributed by atoms with E-state index in [-0.39, 0.29) is 12.4 Å². The molecule has 0 aromatic heterocycles. The van der Waals surface area contributed by atoms with E-state index in [4.69, 9.17) is 10.5 Å². The quantitative estimate of drug-likeness (QED) is 0.842. The Bertz CT molecular complexity index is 462. The van der Waals surface area contributed by atoms with Crippen LogP contribution < -0.4 is 10.5 Å². The molecule has 0 heterocycles. The fourth-order valence-electron chi connectivity index (χ4n) is 1.23. The summed E-state index contributed by atoms with van der Waals surface area (Å²) in [6.45, 7) is 0. The van der Waals surface area contributed by atoms with Crippen LogP contribution in [0.3, 0.4) is 0 Å². The second kappa shape index (κ2) is 5.77. The van der Waals surface area contributed by atoms with Gasteiger partial charge in [-0.05, 0) is 30.3 Å². The molecule has 16 heavy (non-hydrogen) atoms. The van der Waals surface area contributed by atoms with Gasteiger partial charge in [-0.25, -0.2) is 0 Å². The number of halogens is 2. The first-order valence-electron chi connectivity index (χ1n) is 4.53. The van der Waals surface area contributed by atoms with Gasteiger partial charge in [-0.2, -0.15) is 0 Å². The van der Waals surface area contributed by atoms with E-state index < -0.39 is 0 Å². The van der Waals surface area contributed by atoms with E-state index in [2.05, 4.69) is 15.9 Å². The summed E-state index contributed by atoms with van der Waals surface area (Å²) in [5.74, 6) is 1.45. The van der Waals surface area contributed by atoms with Crippen molar-refractivity contribution in [2.24, 2.45) is 0 Å². The van der Waals surface area contributed by atoms with Crippen molar-refractivity contribution >= 4 is 34.0 Å². The van der Waals surface area contributed by atoms with Gasteiger partial charge in [0.2, 0.25) is 0 Å². The average molecular weight is 301 g/mol. The van der Waals surface area contributed by atoms with Gasteiger partial charge < -0.3 is 10.5 Å². The molecule has 0 unspecified atom stereocenters. The molecule has 0 atom stereocenters. The predicted molar refractivity (Wildman–Crippen MR) is 72.3 cm³/mol. The molecule has 84 valence electrons. The standard InChI is InChI=1S/C12H10BrNO.ClH/c13-9-6-7-12(11(14)8-9)15-10-4-2-1-3-5-10;/h1-8H,14H2;1H. The predicted octanol–water partition coefficient (Wildman–Crippen LogP) is 4.25. The number of ether oxygens (including phenoxy) is 1. The number of benzene rings is 2. The van der Waals surface area contributed by atoms with E-state index in [1.165, 1.54) is 0 Å². The van der Waals surface area contributed by atoms with Crippen LogP contribution >= 0.6 is 28.3 Å². The van der Waals surface area contributed by atoms with E-state index in [0.29, 0.717) is 11.4 Å². The average Bonchev–Trinajstić information content (AvgIpc) is 2.24. The van der Waals surface area contributed by atoms with E-state index in [1.54, 1.807) is 0 Å². The molecule has 0 aliphatic rings. The van der Waals surface area contributed by atoms with Gasteiger partial charge in [0.15, 0.2) is 0 Å². The van der Waals surface area contributed by atoms with Crippen molar-refractivity contribution in [1.82, 2.24) is 0 Å². The number of anilines is 1. The number of rotatable bonds is 2. The SMILES string of the molecule is Cl.Nc1cc(Br)ccc1Oc1ccccc1. The summed E-state index contributed by atoms with van der Waals surface area (Å²) in [4.78, 5) is 0. The van der Waals surface area contributed by atoms with E-state index in [0.717, 1.165) is 10.2 Å². The zero-order chi connectivity index (χ0) is 10.7. The van der Waals surface area contributed by atoms with Crippen molar-refractivity contribution in [1.29, 1.82) is 0 Å². The fourth-order valence-corrected chi connectivity index (χ4v) is 1.61. The van der Waals surface area contributed by atoms with Crippen LogP contribution in [0, 0.1) is 0 Å². The molecule has 4 heteroatoms. The van der Waals surface area contributed by atoms with Crippen molar-refractivity contribution in [3.05, 3.63) is 53.0 Å². The Morgan fingerprint density at radius 3 is 2.31 bits per heavy atom. The highest BCUT2D eigenvalue weighted by atomic mass is 79.9. The van der Waals surface area contributed by atoms with E-state index in [1.807, 2.05) is 48.5 Å². The minimum absolute atomic E-state index is 0. The number of nitrogen functional groups attached to an aromatic ring is 1. The first-order valence-corrected chi connectivity index (χ1v) is 5.33. The largest absolute Gasteiger partial charge is 0.455 e. The van der Waals surface area contributed by atoms with Crippen molar-refractivity contribution in [3.63, 3.8) is 0 Å². The number of para-hydroxylation sites is 1. The molecule has 0 bridgehead atoms. The van der Waals surface area contributed by atoms with Crippen LogP contribution in [0.25, 0.3) is 0 Å². The Kier molecular flexibility index (Phi) is 4.65. The second-order valence-corrected chi connectivity index (χ2v) is 4.01. The first kappa shape index (κ1) is 12.9. The molecule has 0 spiro atoms. The Labute approximate surface area is 109 Å².